The van der Waals surface area contributed by atoms with Crippen molar-refractivity contribution in [2.75, 3.05) is 0 Å². The normalized spacial score (nSPS) is 60.1. The van der Waals surface area contributed by atoms with Crippen LogP contribution in [0.2, 0.25) is 0 Å². The van der Waals surface area contributed by atoms with Gasteiger partial charge in [-0.15, -0.1) is 0 Å². The molecule has 0 bridgehead atoms. The smallest absolute Gasteiger partial charge is 0.343 e. The van der Waals surface area contributed by atoms with E-state index in [0.717, 1.165) is 0 Å². The number of hydrogen-bond donors (Lipinski definition) is 3. The SMILES string of the molecule is C[C@@H]1C(=O)O[C@H]2[C@H](O)[C@@]34[C@H]5C[C@@H](C(C)(C)C)[C@@]36C(O)C(=O)O[C@H]6O[C@@]4(C(=O)O5)[C@@]12O. The molecule has 4 aliphatic heterocycles. The molecule has 1 unspecified atom stereocenters. The third-order valence-electron chi connectivity index (χ3n) is 9.00. The third kappa shape index (κ3) is 1.33. The molecule has 6 fully saturated rings. The van der Waals surface area contributed by atoms with Crippen LogP contribution in [0.5, 0.6) is 0 Å². The number of ether oxygens (including phenoxy) is 4. The van der Waals surface area contributed by atoms with Gasteiger partial charge in [-0.1, -0.05) is 20.8 Å². The first-order valence-corrected chi connectivity index (χ1v) is 10.2. The number of rotatable bonds is 0. The minimum absolute atomic E-state index is 0.229. The molecule has 4 saturated heterocycles. The Bertz CT molecular complexity index is 925. The maximum absolute atomic E-state index is 13.4. The van der Waals surface area contributed by atoms with E-state index in [9.17, 15) is 29.7 Å². The number of fused-ring (bicyclic) bond motifs is 1. The van der Waals surface area contributed by atoms with Crippen molar-refractivity contribution in [1.29, 1.82) is 0 Å². The number of esters is 3. The fourth-order valence-corrected chi connectivity index (χ4v) is 8.12. The summed E-state index contributed by atoms with van der Waals surface area (Å²) < 4.78 is 22.5. The Balaban J connectivity index is 1.72. The Morgan fingerprint density at radius 3 is 2.33 bits per heavy atom. The summed E-state index contributed by atoms with van der Waals surface area (Å²) in [7, 11) is 0. The first-order chi connectivity index (χ1) is 13.8. The zero-order valence-electron chi connectivity index (χ0n) is 16.9. The van der Waals surface area contributed by atoms with E-state index in [-0.39, 0.29) is 6.42 Å². The fourth-order valence-electron chi connectivity index (χ4n) is 8.12. The summed E-state index contributed by atoms with van der Waals surface area (Å²) in [6.45, 7) is 7.14. The van der Waals surface area contributed by atoms with E-state index in [1.165, 1.54) is 6.92 Å². The first kappa shape index (κ1) is 19.0. The summed E-state index contributed by atoms with van der Waals surface area (Å²) >= 11 is 0. The Labute approximate surface area is 171 Å². The number of aliphatic hydroxyl groups is 3. The van der Waals surface area contributed by atoms with Gasteiger partial charge in [-0.25, -0.2) is 9.59 Å². The molecule has 10 nitrogen and oxygen atoms in total. The zero-order valence-corrected chi connectivity index (χ0v) is 16.9. The van der Waals surface area contributed by atoms with Gasteiger partial charge in [0.25, 0.3) is 0 Å². The van der Waals surface area contributed by atoms with Gasteiger partial charge in [0.05, 0.1) is 16.7 Å². The highest BCUT2D eigenvalue weighted by molar-refractivity contribution is 5.94. The van der Waals surface area contributed by atoms with Gasteiger partial charge in [0.15, 0.2) is 17.8 Å². The fraction of sp³-hybridized carbons (Fsp3) is 0.850. The van der Waals surface area contributed by atoms with Gasteiger partial charge in [0, 0.05) is 0 Å². The quantitative estimate of drug-likeness (QED) is 0.314. The Morgan fingerprint density at radius 1 is 1.03 bits per heavy atom. The molecule has 10 heteroatoms. The molecule has 164 valence electrons. The lowest BCUT2D eigenvalue weighted by Gasteiger charge is -2.47. The average Bonchev–Trinajstić information content (AvgIpc) is 3.35. The molecule has 2 saturated carbocycles. The average molecular weight is 424 g/mol. The largest absolute Gasteiger partial charge is 0.459 e. The van der Waals surface area contributed by atoms with Crippen molar-refractivity contribution in [1.82, 2.24) is 0 Å². The van der Waals surface area contributed by atoms with Gasteiger partial charge in [-0.05, 0) is 24.7 Å². The van der Waals surface area contributed by atoms with Crippen molar-refractivity contribution < 1.29 is 48.7 Å². The lowest BCUT2D eigenvalue weighted by atomic mass is 9.51. The molecular formula is C20H24O10. The molecule has 6 aliphatic rings. The predicted molar refractivity (Wildman–Crippen MR) is 92.0 cm³/mol. The van der Waals surface area contributed by atoms with Crippen molar-refractivity contribution in [2.45, 2.75) is 76.0 Å². The summed E-state index contributed by atoms with van der Waals surface area (Å²) in [5.74, 6) is -4.32. The molecule has 30 heavy (non-hydrogen) atoms. The molecule has 2 aliphatic carbocycles. The van der Waals surface area contributed by atoms with Crippen LogP contribution >= 0.6 is 0 Å². The van der Waals surface area contributed by atoms with Crippen LogP contribution in [0.1, 0.15) is 34.1 Å². The molecule has 0 amide bonds. The van der Waals surface area contributed by atoms with E-state index >= 15 is 0 Å². The molecule has 4 heterocycles. The summed E-state index contributed by atoms with van der Waals surface area (Å²) in [5.41, 5.74) is -8.26. The van der Waals surface area contributed by atoms with Crippen LogP contribution in [-0.4, -0.2) is 75.1 Å². The van der Waals surface area contributed by atoms with E-state index in [1.807, 2.05) is 20.8 Å². The van der Waals surface area contributed by atoms with Crippen LogP contribution in [0, 0.1) is 28.1 Å². The minimum Gasteiger partial charge on any atom is -0.459 e. The van der Waals surface area contributed by atoms with Crippen LogP contribution in [0.4, 0.5) is 0 Å². The van der Waals surface area contributed by atoms with Gasteiger partial charge < -0.3 is 34.3 Å². The van der Waals surface area contributed by atoms with E-state index < -0.39 is 87.9 Å². The van der Waals surface area contributed by atoms with Crippen molar-refractivity contribution in [2.24, 2.45) is 28.1 Å². The summed E-state index contributed by atoms with van der Waals surface area (Å²) in [4.78, 5) is 38.2. The Kier molecular flexibility index (Phi) is 2.97. The topological polar surface area (TPSA) is 149 Å². The highest BCUT2D eigenvalue weighted by Crippen LogP contribution is 2.84. The van der Waals surface area contributed by atoms with Crippen LogP contribution in [-0.2, 0) is 33.3 Å². The summed E-state index contributed by atoms with van der Waals surface area (Å²) in [6.07, 6.45) is -6.91. The standard InChI is InChI=1S/C20H24O10/c1-6-12(23)28-11-9(21)18-8-5-7(16(2,3)4)17(18)10(22)13(24)29-15(17)30-20(18,14(25)27-8)19(6,11)26/h6-11,15,21-22,26H,5H2,1-4H3/t6-,7+,8-,9+,10?,11+,15+,17+,18+,19-,20-/m1/s1. The van der Waals surface area contributed by atoms with Crippen molar-refractivity contribution in [3.05, 3.63) is 0 Å². The number of carbonyl (C=O) groups is 3. The highest BCUT2D eigenvalue weighted by atomic mass is 16.8. The maximum atomic E-state index is 13.4. The van der Waals surface area contributed by atoms with Gasteiger partial charge >= 0.3 is 17.9 Å². The van der Waals surface area contributed by atoms with Gasteiger partial charge in [0.1, 0.15) is 12.2 Å². The molecule has 0 aromatic rings. The molecule has 11 atom stereocenters. The molecule has 2 spiro atoms. The maximum Gasteiger partial charge on any atom is 0.343 e. The second kappa shape index (κ2) is 4.69. The van der Waals surface area contributed by atoms with Crippen LogP contribution in [0.15, 0.2) is 0 Å². The number of carbonyl (C=O) groups excluding carboxylic acids is 3. The molecule has 0 aromatic carbocycles. The zero-order chi connectivity index (χ0) is 21.8. The Morgan fingerprint density at radius 2 is 1.70 bits per heavy atom. The number of aliphatic hydroxyl groups excluding tert-OH is 2. The lowest BCUT2D eigenvalue weighted by Crippen LogP contribution is -2.67. The van der Waals surface area contributed by atoms with E-state index in [1.54, 1.807) is 0 Å². The van der Waals surface area contributed by atoms with Crippen molar-refractivity contribution in [3.8, 4) is 0 Å². The van der Waals surface area contributed by atoms with Crippen LogP contribution in [0.25, 0.3) is 0 Å². The highest BCUT2D eigenvalue weighted by Gasteiger charge is 3.03. The summed E-state index contributed by atoms with van der Waals surface area (Å²) in [6, 6.07) is 0. The minimum atomic E-state index is -2.24. The van der Waals surface area contributed by atoms with Gasteiger partial charge in [-0.3, -0.25) is 4.79 Å². The van der Waals surface area contributed by atoms with E-state index in [0.29, 0.717) is 0 Å². The second-order valence-electron chi connectivity index (χ2n) is 10.7. The lowest BCUT2D eigenvalue weighted by molar-refractivity contribution is -0.239. The van der Waals surface area contributed by atoms with Gasteiger partial charge in [-0.2, -0.15) is 0 Å². The molecule has 3 N–H and O–H groups in total. The molecular weight excluding hydrogens is 400 g/mol. The van der Waals surface area contributed by atoms with Crippen molar-refractivity contribution in [3.63, 3.8) is 0 Å². The van der Waals surface area contributed by atoms with E-state index in [2.05, 4.69) is 0 Å². The second-order valence-corrected chi connectivity index (χ2v) is 10.7. The third-order valence-corrected chi connectivity index (χ3v) is 9.00. The predicted octanol–water partition coefficient (Wildman–Crippen LogP) is -1.37. The summed E-state index contributed by atoms with van der Waals surface area (Å²) in [5, 5.41) is 34.7. The molecule has 0 radical (unpaired) electrons. The molecule has 6 rings (SSSR count). The number of hydrogen-bond acceptors (Lipinski definition) is 10. The monoisotopic (exact) mass is 424 g/mol. The molecule has 0 aromatic heterocycles. The van der Waals surface area contributed by atoms with E-state index in [4.69, 9.17) is 18.9 Å². The first-order valence-electron chi connectivity index (χ1n) is 10.2. The van der Waals surface area contributed by atoms with Crippen LogP contribution in [0.3, 0.4) is 0 Å². The van der Waals surface area contributed by atoms with Gasteiger partial charge in [0.2, 0.25) is 11.9 Å². The van der Waals surface area contributed by atoms with Crippen LogP contribution < -0.4 is 0 Å². The Hall–Kier alpha value is -1.75. The van der Waals surface area contributed by atoms with Crippen molar-refractivity contribution >= 4 is 17.9 Å².